The topological polar surface area (TPSA) is 34.1 Å². The maximum Gasteiger partial charge on any atom is 0.193 e. The highest BCUT2D eigenvalue weighted by atomic mass is 16.1. The van der Waals surface area contributed by atoms with Gasteiger partial charge >= 0.3 is 0 Å². The Kier molecular flexibility index (Phi) is 4.35. The largest absolute Gasteiger partial charge is 0.298 e. The molecule has 1 rings (SSSR count). The quantitative estimate of drug-likeness (QED) is 0.334. The summed E-state index contributed by atoms with van der Waals surface area (Å²) in [4.78, 5) is 23.0. The number of rotatable bonds is 5. The van der Waals surface area contributed by atoms with Crippen molar-refractivity contribution in [3.8, 4) is 0 Å². The van der Waals surface area contributed by atoms with Crippen molar-refractivity contribution < 1.29 is 9.59 Å². The van der Waals surface area contributed by atoms with Crippen LogP contribution in [0.3, 0.4) is 0 Å². The number of allylic oxidation sites excluding steroid dienone is 4. The normalized spacial score (nSPS) is 10.8. The van der Waals surface area contributed by atoms with Gasteiger partial charge in [-0.3, -0.25) is 9.59 Å². The Hall–Kier alpha value is -2.22. The lowest BCUT2D eigenvalue weighted by Gasteiger charge is -2.05. The van der Waals surface area contributed by atoms with E-state index in [2.05, 4.69) is 13.2 Å². The summed E-state index contributed by atoms with van der Waals surface area (Å²) >= 11 is 0. The number of carbonyl (C=O) groups is 2. The van der Waals surface area contributed by atoms with Gasteiger partial charge in [-0.25, -0.2) is 0 Å². The van der Waals surface area contributed by atoms with Crippen LogP contribution >= 0.6 is 0 Å². The molecule has 0 bridgehead atoms. The molecule has 17 heavy (non-hydrogen) atoms. The summed E-state index contributed by atoms with van der Waals surface area (Å²) < 4.78 is 0. The molecule has 1 aromatic rings. The van der Waals surface area contributed by atoms with E-state index in [1.54, 1.807) is 24.3 Å². The van der Waals surface area contributed by atoms with Gasteiger partial charge in [0.25, 0.3) is 0 Å². The highest BCUT2D eigenvalue weighted by molar-refractivity contribution is 6.14. The number of carbonyl (C=O) groups excluding carboxylic acids is 2. The molecular weight excluding hydrogens is 212 g/mol. The van der Waals surface area contributed by atoms with Crippen LogP contribution in [0.4, 0.5) is 0 Å². The van der Waals surface area contributed by atoms with Crippen molar-refractivity contribution in [3.63, 3.8) is 0 Å². The van der Waals surface area contributed by atoms with Gasteiger partial charge in [0.15, 0.2) is 12.1 Å². The molecule has 86 valence electrons. The molecule has 0 aromatic heterocycles. The van der Waals surface area contributed by atoms with Crippen LogP contribution in [0.25, 0.3) is 0 Å². The Labute approximate surface area is 101 Å². The molecule has 0 atom stereocenters. The van der Waals surface area contributed by atoms with Crippen molar-refractivity contribution >= 4 is 12.1 Å². The first-order valence-electron chi connectivity index (χ1n) is 5.19. The molecule has 0 radical (unpaired) electrons. The van der Waals surface area contributed by atoms with E-state index >= 15 is 0 Å². The van der Waals surface area contributed by atoms with E-state index in [-0.39, 0.29) is 5.78 Å². The Morgan fingerprint density at radius 1 is 1.29 bits per heavy atom. The van der Waals surface area contributed by atoms with Crippen LogP contribution in [-0.2, 0) is 0 Å². The molecule has 0 spiro atoms. The lowest BCUT2D eigenvalue weighted by atomic mass is 9.97. The summed E-state index contributed by atoms with van der Waals surface area (Å²) in [7, 11) is 0. The number of aryl methyl sites for hydroxylation is 1. The van der Waals surface area contributed by atoms with Gasteiger partial charge in [-0.15, -0.1) is 0 Å². The Balaban J connectivity index is 3.29. The molecule has 0 aliphatic heterocycles. The summed E-state index contributed by atoms with van der Waals surface area (Å²) in [5.74, 6) is -0.220. The van der Waals surface area contributed by atoms with Gasteiger partial charge in [-0.1, -0.05) is 49.1 Å². The molecule has 0 N–H and O–H groups in total. The third-order valence-electron chi connectivity index (χ3n) is 2.36. The van der Waals surface area contributed by atoms with E-state index in [1.807, 2.05) is 6.92 Å². The van der Waals surface area contributed by atoms with Crippen molar-refractivity contribution in [1.29, 1.82) is 0 Å². The second-order valence-electron chi connectivity index (χ2n) is 3.60. The van der Waals surface area contributed by atoms with Crippen molar-refractivity contribution in [2.24, 2.45) is 0 Å². The average molecular weight is 226 g/mol. The number of Topliss-reactive ketones (excluding diaryl/α,β-unsaturated/α-hetero) is 1. The number of ketones is 1. The molecule has 0 heterocycles. The predicted octanol–water partition coefficient (Wildman–Crippen LogP) is 3.29. The van der Waals surface area contributed by atoms with Crippen LogP contribution in [0.2, 0.25) is 0 Å². The van der Waals surface area contributed by atoms with Gasteiger partial charge in [0, 0.05) is 16.7 Å². The molecule has 0 saturated heterocycles. The lowest BCUT2D eigenvalue weighted by molar-refractivity contribution is 0.102. The smallest absolute Gasteiger partial charge is 0.193 e. The van der Waals surface area contributed by atoms with Crippen LogP contribution in [0, 0.1) is 6.92 Å². The highest BCUT2D eigenvalue weighted by Gasteiger charge is 2.13. The third-order valence-corrected chi connectivity index (χ3v) is 2.36. The molecular formula is C15H14O2. The standard InChI is InChI=1S/C15H14O2/c1-4-6-12(5-2)15(17)14-8-7-11(3)9-13(14)10-16/h4-10H,1-2H2,3H3/b12-6+. The van der Waals surface area contributed by atoms with Crippen molar-refractivity contribution in [1.82, 2.24) is 0 Å². The Morgan fingerprint density at radius 2 is 2.00 bits per heavy atom. The first kappa shape index (κ1) is 12.8. The van der Waals surface area contributed by atoms with Gasteiger partial charge in [0.2, 0.25) is 0 Å². The highest BCUT2D eigenvalue weighted by Crippen LogP contribution is 2.15. The van der Waals surface area contributed by atoms with Crippen molar-refractivity contribution in [2.45, 2.75) is 6.92 Å². The molecule has 0 amide bonds. The number of hydrogen-bond donors (Lipinski definition) is 0. The minimum atomic E-state index is -0.220. The summed E-state index contributed by atoms with van der Waals surface area (Å²) in [5, 5.41) is 0. The number of benzene rings is 1. The van der Waals surface area contributed by atoms with Gasteiger partial charge in [-0.05, 0) is 13.0 Å². The second kappa shape index (κ2) is 5.75. The third kappa shape index (κ3) is 2.88. The van der Waals surface area contributed by atoms with Crippen LogP contribution in [0.1, 0.15) is 26.3 Å². The molecule has 0 saturated carbocycles. The van der Waals surface area contributed by atoms with Gasteiger partial charge in [-0.2, -0.15) is 0 Å². The summed E-state index contributed by atoms with van der Waals surface area (Å²) in [5.41, 5.74) is 2.15. The van der Waals surface area contributed by atoms with Crippen LogP contribution in [-0.4, -0.2) is 12.1 Å². The van der Waals surface area contributed by atoms with Gasteiger partial charge in [0.05, 0.1) is 0 Å². The number of aldehydes is 1. The molecule has 2 nitrogen and oxygen atoms in total. The lowest BCUT2D eigenvalue weighted by Crippen LogP contribution is -2.05. The summed E-state index contributed by atoms with van der Waals surface area (Å²) in [6, 6.07) is 5.14. The van der Waals surface area contributed by atoms with Crippen molar-refractivity contribution in [3.05, 3.63) is 71.8 Å². The van der Waals surface area contributed by atoms with Crippen LogP contribution in [0.5, 0.6) is 0 Å². The zero-order valence-corrected chi connectivity index (χ0v) is 9.77. The SMILES string of the molecule is C=C/C=C(\C=C)C(=O)c1ccc(C)cc1C=O. The first-order valence-corrected chi connectivity index (χ1v) is 5.19. The summed E-state index contributed by atoms with van der Waals surface area (Å²) in [6.07, 6.45) is 5.24. The van der Waals surface area contributed by atoms with Gasteiger partial charge in [0.1, 0.15) is 0 Å². The monoisotopic (exact) mass is 226 g/mol. The molecule has 0 aliphatic carbocycles. The maximum absolute atomic E-state index is 12.1. The Morgan fingerprint density at radius 3 is 2.53 bits per heavy atom. The predicted molar refractivity (Wildman–Crippen MR) is 69.4 cm³/mol. The molecule has 0 fully saturated rings. The number of hydrogen-bond acceptors (Lipinski definition) is 2. The van der Waals surface area contributed by atoms with Crippen LogP contribution < -0.4 is 0 Å². The van der Waals surface area contributed by atoms with E-state index in [0.717, 1.165) is 5.56 Å². The molecule has 1 aromatic carbocycles. The summed E-state index contributed by atoms with van der Waals surface area (Å²) in [6.45, 7) is 8.98. The van der Waals surface area contributed by atoms with Crippen molar-refractivity contribution in [2.75, 3.05) is 0 Å². The molecule has 2 heteroatoms. The zero-order chi connectivity index (χ0) is 12.8. The van der Waals surface area contributed by atoms with Crippen LogP contribution in [0.15, 0.2) is 55.2 Å². The van der Waals surface area contributed by atoms with E-state index in [0.29, 0.717) is 23.0 Å². The fourth-order valence-corrected chi connectivity index (χ4v) is 1.51. The average Bonchev–Trinajstić information content (AvgIpc) is 2.34. The minimum Gasteiger partial charge on any atom is -0.298 e. The zero-order valence-electron chi connectivity index (χ0n) is 9.77. The van der Waals surface area contributed by atoms with E-state index < -0.39 is 0 Å². The fraction of sp³-hybridized carbons (Fsp3) is 0.0667. The fourth-order valence-electron chi connectivity index (χ4n) is 1.51. The van der Waals surface area contributed by atoms with E-state index in [1.165, 1.54) is 12.2 Å². The van der Waals surface area contributed by atoms with E-state index in [9.17, 15) is 9.59 Å². The first-order chi connectivity index (χ1) is 8.13. The molecule has 0 aliphatic rings. The van der Waals surface area contributed by atoms with Gasteiger partial charge < -0.3 is 0 Å². The second-order valence-corrected chi connectivity index (χ2v) is 3.60. The Bertz CT molecular complexity index is 508. The van der Waals surface area contributed by atoms with E-state index in [4.69, 9.17) is 0 Å². The maximum atomic E-state index is 12.1. The molecule has 0 unspecified atom stereocenters. The minimum absolute atomic E-state index is 0.220.